The van der Waals surface area contributed by atoms with Crippen LogP contribution in [-0.2, 0) is 20.8 Å². The van der Waals surface area contributed by atoms with E-state index in [0.717, 1.165) is 22.4 Å². The predicted molar refractivity (Wildman–Crippen MR) is 154 cm³/mol. The van der Waals surface area contributed by atoms with Crippen molar-refractivity contribution in [3.8, 4) is 5.69 Å². The molecule has 41 heavy (non-hydrogen) atoms. The molecule has 0 unspecified atom stereocenters. The summed E-state index contributed by atoms with van der Waals surface area (Å²) in [7, 11) is 0. The highest BCUT2D eigenvalue weighted by atomic mass is 32.2. The van der Waals surface area contributed by atoms with Gasteiger partial charge in [-0.2, -0.15) is 4.68 Å². The van der Waals surface area contributed by atoms with E-state index in [1.54, 1.807) is 16.8 Å². The number of nitrogens with zero attached hydrogens (tertiary/aromatic N) is 4. The molecule has 1 aliphatic rings. The first kappa shape index (κ1) is 28.5. The van der Waals surface area contributed by atoms with Crippen LogP contribution in [0.15, 0.2) is 96.7 Å². The maximum absolute atomic E-state index is 11.9. The maximum atomic E-state index is 11.9. The maximum Gasteiger partial charge on any atom is 0.411 e. The summed E-state index contributed by atoms with van der Waals surface area (Å²) in [6.45, 7) is 5.75. The number of para-hydroxylation sites is 1. The monoisotopic (exact) mass is 573 g/mol. The van der Waals surface area contributed by atoms with Crippen molar-refractivity contribution in [3.05, 3.63) is 108 Å². The topological polar surface area (TPSA) is 121 Å². The Morgan fingerprint density at radius 3 is 2.51 bits per heavy atom. The number of tetrazole rings is 1. The number of aromatic nitrogens is 4. The number of aliphatic hydroxyl groups excluding tert-OH is 1. The van der Waals surface area contributed by atoms with E-state index in [-0.39, 0.29) is 31.3 Å². The average molecular weight is 574 g/mol. The van der Waals surface area contributed by atoms with Crippen LogP contribution in [0.5, 0.6) is 0 Å². The summed E-state index contributed by atoms with van der Waals surface area (Å²) in [5, 5.41) is 25.1. The fourth-order valence-corrected chi connectivity index (χ4v) is 5.53. The Morgan fingerprint density at radius 2 is 1.80 bits per heavy atom. The smallest absolute Gasteiger partial charge is 0.411 e. The largest absolute Gasteiger partial charge is 0.445 e. The number of hydrogen-bond acceptors (Lipinski definition) is 9. The summed E-state index contributed by atoms with van der Waals surface area (Å²) in [5.74, 6) is 0.592. The molecule has 0 bridgehead atoms. The zero-order valence-corrected chi connectivity index (χ0v) is 23.3. The van der Waals surface area contributed by atoms with Crippen LogP contribution in [0.4, 0.5) is 10.5 Å². The van der Waals surface area contributed by atoms with Crippen molar-refractivity contribution in [1.29, 1.82) is 0 Å². The van der Waals surface area contributed by atoms with Gasteiger partial charge in [0.1, 0.15) is 6.61 Å². The number of amides is 1. The van der Waals surface area contributed by atoms with E-state index in [9.17, 15) is 9.90 Å². The van der Waals surface area contributed by atoms with Crippen molar-refractivity contribution in [2.75, 3.05) is 17.7 Å². The molecule has 1 aromatic heterocycles. The number of aliphatic hydroxyl groups is 1. The standard InChI is InChI=1S/C30H31N5O5S/c1-3-17-38-30(37)31-24-15-13-23(14-16-24)28-39-26(20(2)27(40-28)22-11-9-21(18-36)10-12-22)19-41-29-32-33-34-35(29)25-7-5-4-6-8-25/h3-16,20,26-28,36H,1,17-19H2,2H3,(H,31,37)/t20-,26+,27+,28+/m0/s1. The van der Waals surface area contributed by atoms with Gasteiger partial charge in [-0.05, 0) is 45.8 Å². The molecule has 11 heteroatoms. The summed E-state index contributed by atoms with van der Waals surface area (Å²) < 4.78 is 19.7. The minimum absolute atomic E-state index is 0.000327. The second-order valence-corrected chi connectivity index (χ2v) is 10.5. The molecule has 212 valence electrons. The number of ether oxygens (including phenoxy) is 3. The van der Waals surface area contributed by atoms with E-state index in [4.69, 9.17) is 14.2 Å². The molecule has 1 amide bonds. The predicted octanol–water partition coefficient (Wildman–Crippen LogP) is 5.47. The van der Waals surface area contributed by atoms with Gasteiger partial charge >= 0.3 is 6.09 Å². The third-order valence-corrected chi connectivity index (χ3v) is 7.71. The number of benzene rings is 3. The van der Waals surface area contributed by atoms with Crippen molar-refractivity contribution >= 4 is 23.5 Å². The number of nitrogens with one attached hydrogen (secondary N) is 1. The summed E-state index contributed by atoms with van der Waals surface area (Å²) in [6, 6.07) is 24.8. The second kappa shape index (κ2) is 13.6. The van der Waals surface area contributed by atoms with Gasteiger partial charge in [0.15, 0.2) is 6.29 Å². The number of hydrogen-bond donors (Lipinski definition) is 2. The molecule has 4 atom stereocenters. The van der Waals surface area contributed by atoms with Crippen LogP contribution in [0.2, 0.25) is 0 Å². The normalized spacial score (nSPS) is 20.3. The Hall–Kier alpha value is -4.03. The molecule has 0 saturated carbocycles. The number of rotatable bonds is 10. The zero-order chi connectivity index (χ0) is 28.6. The van der Waals surface area contributed by atoms with Gasteiger partial charge in [-0.15, -0.1) is 5.10 Å². The van der Waals surface area contributed by atoms with Gasteiger partial charge in [-0.25, -0.2) is 4.79 Å². The molecule has 1 fully saturated rings. The molecule has 0 radical (unpaired) electrons. The third-order valence-electron chi connectivity index (χ3n) is 6.70. The minimum Gasteiger partial charge on any atom is -0.445 e. The number of thioether (sulfide) groups is 1. The minimum atomic E-state index is -0.647. The van der Waals surface area contributed by atoms with Gasteiger partial charge in [0, 0.05) is 22.9 Å². The van der Waals surface area contributed by atoms with Crippen molar-refractivity contribution in [1.82, 2.24) is 20.2 Å². The SMILES string of the molecule is C=CCOC(=O)Nc1ccc([C@@H]2O[C@H](CSc3nnnn3-c3ccccc3)[C@H](C)[C@H](c3ccc(CO)cc3)O2)cc1. The molecular formula is C30H31N5O5S. The van der Waals surface area contributed by atoms with E-state index in [2.05, 4.69) is 34.3 Å². The molecular weight excluding hydrogens is 542 g/mol. The van der Waals surface area contributed by atoms with E-state index in [1.165, 1.54) is 17.8 Å². The van der Waals surface area contributed by atoms with Crippen LogP contribution in [0.3, 0.4) is 0 Å². The third kappa shape index (κ3) is 7.01. The first-order valence-corrected chi connectivity index (χ1v) is 14.2. The quantitative estimate of drug-likeness (QED) is 0.188. The van der Waals surface area contributed by atoms with Gasteiger partial charge in [-0.3, -0.25) is 5.32 Å². The van der Waals surface area contributed by atoms with Gasteiger partial charge in [0.25, 0.3) is 0 Å². The Balaban J connectivity index is 1.35. The van der Waals surface area contributed by atoms with Crippen LogP contribution in [0, 0.1) is 5.92 Å². The first-order valence-electron chi connectivity index (χ1n) is 13.2. The Kier molecular flexibility index (Phi) is 9.42. The van der Waals surface area contributed by atoms with E-state index in [1.807, 2.05) is 66.7 Å². The van der Waals surface area contributed by atoms with Crippen molar-refractivity contribution in [3.63, 3.8) is 0 Å². The Bertz CT molecular complexity index is 1430. The highest BCUT2D eigenvalue weighted by Crippen LogP contribution is 2.43. The van der Waals surface area contributed by atoms with Gasteiger partial charge in [0.2, 0.25) is 5.16 Å². The highest BCUT2D eigenvalue weighted by molar-refractivity contribution is 7.99. The molecule has 5 rings (SSSR count). The molecule has 1 saturated heterocycles. The van der Waals surface area contributed by atoms with Crippen LogP contribution < -0.4 is 5.32 Å². The van der Waals surface area contributed by atoms with Gasteiger partial charge in [-0.1, -0.05) is 85.9 Å². The van der Waals surface area contributed by atoms with Crippen LogP contribution in [-0.4, -0.2) is 49.9 Å². The fraction of sp³-hybridized carbons (Fsp3) is 0.267. The lowest BCUT2D eigenvalue weighted by molar-refractivity contribution is -0.268. The highest BCUT2D eigenvalue weighted by Gasteiger charge is 2.38. The molecule has 3 aromatic carbocycles. The van der Waals surface area contributed by atoms with Crippen molar-refractivity contribution in [2.24, 2.45) is 5.92 Å². The lowest BCUT2D eigenvalue weighted by atomic mass is 9.91. The zero-order valence-electron chi connectivity index (χ0n) is 22.5. The van der Waals surface area contributed by atoms with Crippen molar-refractivity contribution < 1.29 is 24.1 Å². The molecule has 2 heterocycles. The molecule has 10 nitrogen and oxygen atoms in total. The lowest BCUT2D eigenvalue weighted by Crippen LogP contribution is -2.38. The summed E-state index contributed by atoms with van der Waals surface area (Å²) >= 11 is 1.52. The fourth-order valence-electron chi connectivity index (χ4n) is 4.48. The van der Waals surface area contributed by atoms with Crippen LogP contribution >= 0.6 is 11.8 Å². The summed E-state index contributed by atoms with van der Waals surface area (Å²) in [6.07, 6.45) is -0.159. The molecule has 4 aromatic rings. The van der Waals surface area contributed by atoms with Crippen molar-refractivity contribution in [2.45, 2.75) is 37.2 Å². The number of carbonyl (C=O) groups excluding carboxylic acids is 1. The van der Waals surface area contributed by atoms with E-state index >= 15 is 0 Å². The van der Waals surface area contributed by atoms with Crippen LogP contribution in [0.1, 0.15) is 36.0 Å². The average Bonchev–Trinajstić information content (AvgIpc) is 3.49. The summed E-state index contributed by atoms with van der Waals surface area (Å²) in [5.41, 5.74) is 4.10. The van der Waals surface area contributed by atoms with E-state index < -0.39 is 12.4 Å². The molecule has 2 N–H and O–H groups in total. The lowest BCUT2D eigenvalue weighted by Gasteiger charge is -2.41. The number of anilines is 1. The van der Waals surface area contributed by atoms with E-state index in [0.29, 0.717) is 16.6 Å². The van der Waals surface area contributed by atoms with Crippen LogP contribution in [0.25, 0.3) is 5.69 Å². The first-order chi connectivity index (χ1) is 20.1. The van der Waals surface area contributed by atoms with Gasteiger partial charge in [0.05, 0.1) is 24.5 Å². The summed E-state index contributed by atoms with van der Waals surface area (Å²) in [4.78, 5) is 11.9. The Morgan fingerprint density at radius 1 is 1.07 bits per heavy atom. The molecule has 0 spiro atoms. The number of carbonyl (C=O) groups is 1. The van der Waals surface area contributed by atoms with Gasteiger partial charge < -0.3 is 19.3 Å². The molecule has 0 aliphatic carbocycles. The Labute approximate surface area is 242 Å². The second-order valence-electron chi connectivity index (χ2n) is 9.48. The molecule has 1 aliphatic heterocycles.